The van der Waals surface area contributed by atoms with Crippen molar-refractivity contribution in [2.75, 3.05) is 5.32 Å². The van der Waals surface area contributed by atoms with E-state index in [-0.39, 0.29) is 11.7 Å². The number of amides is 1. The van der Waals surface area contributed by atoms with E-state index in [1.165, 1.54) is 23.5 Å². The van der Waals surface area contributed by atoms with Crippen LogP contribution in [0.3, 0.4) is 0 Å². The lowest BCUT2D eigenvalue weighted by Gasteiger charge is -2.02. The highest BCUT2D eigenvalue weighted by Crippen LogP contribution is 2.27. The van der Waals surface area contributed by atoms with Crippen LogP contribution in [0, 0.1) is 19.7 Å². The second-order valence-electron chi connectivity index (χ2n) is 6.80. The van der Waals surface area contributed by atoms with E-state index in [0.29, 0.717) is 26.4 Å². The zero-order valence-electron chi connectivity index (χ0n) is 16.8. The molecular formula is C23H18ClFN4OS. The Morgan fingerprint density at radius 1 is 1.06 bits per heavy atom. The first-order valence-corrected chi connectivity index (χ1v) is 10.6. The Bertz CT molecular complexity index is 1260. The monoisotopic (exact) mass is 452 g/mol. The molecule has 2 aromatic carbocycles. The second kappa shape index (κ2) is 8.83. The minimum atomic E-state index is -0.324. The van der Waals surface area contributed by atoms with Gasteiger partial charge < -0.3 is 5.32 Å². The molecule has 0 saturated heterocycles. The van der Waals surface area contributed by atoms with E-state index in [1.807, 2.05) is 49.4 Å². The van der Waals surface area contributed by atoms with Gasteiger partial charge in [0.25, 0.3) is 5.91 Å². The molecule has 1 N–H and O–H groups in total. The number of thiazole rings is 1. The maximum absolute atomic E-state index is 13.2. The number of carbonyl (C=O) groups excluding carboxylic acids is 1. The number of hydrogen-bond donors (Lipinski definition) is 1. The van der Waals surface area contributed by atoms with Crippen LogP contribution in [0.4, 0.5) is 10.1 Å². The fourth-order valence-corrected chi connectivity index (χ4v) is 4.22. The summed E-state index contributed by atoms with van der Waals surface area (Å²) in [6.07, 6.45) is 3.63. The summed E-state index contributed by atoms with van der Waals surface area (Å²) in [6, 6.07) is 15.2. The Balaban J connectivity index is 1.56. The van der Waals surface area contributed by atoms with Gasteiger partial charge in [-0.05, 0) is 62.4 Å². The van der Waals surface area contributed by atoms with Crippen molar-refractivity contribution in [3.8, 4) is 5.69 Å². The van der Waals surface area contributed by atoms with Crippen LogP contribution >= 0.6 is 22.9 Å². The average molecular weight is 453 g/mol. The lowest BCUT2D eigenvalue weighted by molar-refractivity contribution is 0.103. The van der Waals surface area contributed by atoms with Crippen LogP contribution in [0.15, 0.2) is 54.6 Å². The summed E-state index contributed by atoms with van der Waals surface area (Å²) in [4.78, 5) is 17.6. The van der Waals surface area contributed by atoms with Crippen molar-refractivity contribution in [2.24, 2.45) is 0 Å². The lowest BCUT2D eigenvalue weighted by atomic mass is 10.2. The molecule has 0 radical (unpaired) electrons. The molecule has 0 fully saturated rings. The molecule has 2 heterocycles. The van der Waals surface area contributed by atoms with Gasteiger partial charge in [0.15, 0.2) is 0 Å². The normalized spacial score (nSPS) is 11.2. The highest BCUT2D eigenvalue weighted by molar-refractivity contribution is 7.14. The van der Waals surface area contributed by atoms with Gasteiger partial charge in [-0.1, -0.05) is 29.8 Å². The molecule has 4 rings (SSSR count). The third kappa shape index (κ3) is 4.57. The van der Waals surface area contributed by atoms with Crippen LogP contribution in [0.5, 0.6) is 0 Å². The first kappa shape index (κ1) is 21.0. The predicted molar refractivity (Wildman–Crippen MR) is 123 cm³/mol. The maximum Gasteiger partial charge on any atom is 0.267 e. The summed E-state index contributed by atoms with van der Waals surface area (Å²) in [5.74, 6) is -0.519. The van der Waals surface area contributed by atoms with E-state index in [2.05, 4.69) is 15.4 Å². The van der Waals surface area contributed by atoms with Crippen molar-refractivity contribution < 1.29 is 9.18 Å². The van der Waals surface area contributed by atoms with Crippen molar-refractivity contribution in [3.05, 3.63) is 92.4 Å². The van der Waals surface area contributed by atoms with E-state index in [4.69, 9.17) is 11.6 Å². The van der Waals surface area contributed by atoms with Crippen molar-refractivity contribution in [3.63, 3.8) is 0 Å². The topological polar surface area (TPSA) is 59.8 Å². The smallest absolute Gasteiger partial charge is 0.267 e. The van der Waals surface area contributed by atoms with Gasteiger partial charge in [0.2, 0.25) is 0 Å². The van der Waals surface area contributed by atoms with Crippen molar-refractivity contribution >= 4 is 46.7 Å². The molecule has 0 spiro atoms. The summed E-state index contributed by atoms with van der Waals surface area (Å²) < 4.78 is 14.8. The van der Waals surface area contributed by atoms with Gasteiger partial charge in [-0.25, -0.2) is 14.1 Å². The van der Waals surface area contributed by atoms with Gasteiger partial charge in [0.05, 0.1) is 17.1 Å². The van der Waals surface area contributed by atoms with Crippen LogP contribution in [-0.2, 0) is 0 Å². The summed E-state index contributed by atoms with van der Waals surface area (Å²) in [5, 5.41) is 8.42. The fourth-order valence-electron chi connectivity index (χ4n) is 3.02. The highest BCUT2D eigenvalue weighted by Gasteiger charge is 2.16. The summed E-state index contributed by atoms with van der Waals surface area (Å²) in [5.41, 5.74) is 3.50. The Morgan fingerprint density at radius 3 is 2.48 bits per heavy atom. The molecule has 5 nitrogen and oxygen atoms in total. The zero-order valence-corrected chi connectivity index (χ0v) is 18.3. The number of hydrogen-bond acceptors (Lipinski definition) is 4. The van der Waals surface area contributed by atoms with Gasteiger partial charge in [-0.2, -0.15) is 5.10 Å². The first-order valence-electron chi connectivity index (χ1n) is 9.45. The summed E-state index contributed by atoms with van der Waals surface area (Å²) in [7, 11) is 0. The second-order valence-corrected chi connectivity index (χ2v) is 8.19. The molecule has 0 atom stereocenters. The molecule has 2 aromatic heterocycles. The first-order chi connectivity index (χ1) is 14.9. The number of aromatic nitrogens is 3. The maximum atomic E-state index is 13.2. The number of nitrogens with one attached hydrogen (secondary N) is 1. The van der Waals surface area contributed by atoms with Gasteiger partial charge in [-0.3, -0.25) is 4.79 Å². The van der Waals surface area contributed by atoms with Crippen molar-refractivity contribution in [1.29, 1.82) is 0 Å². The highest BCUT2D eigenvalue weighted by atomic mass is 35.5. The largest absolute Gasteiger partial charge is 0.321 e. The third-order valence-corrected chi connectivity index (χ3v) is 6.05. The minimum absolute atomic E-state index is 0.195. The van der Waals surface area contributed by atoms with E-state index in [9.17, 15) is 9.18 Å². The Morgan fingerprint density at radius 2 is 1.77 bits per heavy atom. The minimum Gasteiger partial charge on any atom is -0.321 e. The molecule has 0 bridgehead atoms. The van der Waals surface area contributed by atoms with Crippen LogP contribution in [0.2, 0.25) is 5.15 Å². The molecule has 0 aliphatic heterocycles. The van der Waals surface area contributed by atoms with Crippen molar-refractivity contribution in [1.82, 2.24) is 14.8 Å². The van der Waals surface area contributed by atoms with Crippen molar-refractivity contribution in [2.45, 2.75) is 13.8 Å². The summed E-state index contributed by atoms with van der Waals surface area (Å²) in [6.45, 7) is 3.65. The van der Waals surface area contributed by atoms with E-state index < -0.39 is 0 Å². The lowest BCUT2D eigenvalue weighted by Crippen LogP contribution is -2.11. The molecule has 8 heteroatoms. The average Bonchev–Trinajstić information content (AvgIpc) is 3.27. The van der Waals surface area contributed by atoms with Gasteiger partial charge in [0, 0.05) is 11.3 Å². The quantitative estimate of drug-likeness (QED) is 0.394. The summed E-state index contributed by atoms with van der Waals surface area (Å²) >= 11 is 7.82. The number of halogens is 2. The van der Waals surface area contributed by atoms with Crippen LogP contribution in [0.1, 0.15) is 31.6 Å². The van der Waals surface area contributed by atoms with Gasteiger partial charge in [0.1, 0.15) is 20.9 Å². The van der Waals surface area contributed by atoms with Crippen LogP contribution in [0.25, 0.3) is 17.8 Å². The molecule has 0 aliphatic rings. The van der Waals surface area contributed by atoms with Gasteiger partial charge in [-0.15, -0.1) is 11.3 Å². The molecule has 0 aliphatic carbocycles. The molecule has 4 aromatic rings. The third-order valence-electron chi connectivity index (χ3n) is 4.56. The van der Waals surface area contributed by atoms with Crippen LogP contribution < -0.4 is 5.32 Å². The number of nitrogens with zero attached hydrogens (tertiary/aromatic N) is 3. The SMILES string of the molecule is Cc1nc(/C=C/c2c(C)nn(-c3ccc(F)cc3)c2Cl)sc1C(=O)Nc1ccccc1. The fraction of sp³-hybridized carbons (Fsp3) is 0.0870. The molecule has 0 unspecified atom stereocenters. The number of benzene rings is 2. The van der Waals surface area contributed by atoms with E-state index in [0.717, 1.165) is 16.9 Å². The Hall–Kier alpha value is -3.29. The Labute approximate surface area is 187 Å². The van der Waals surface area contributed by atoms with Gasteiger partial charge >= 0.3 is 0 Å². The number of aryl methyl sites for hydroxylation is 2. The number of rotatable bonds is 5. The zero-order chi connectivity index (χ0) is 22.0. The molecule has 156 valence electrons. The standard InChI is InChI=1S/C23H18ClFN4OS/c1-14-19(22(24)29(28-14)18-10-8-16(25)9-11-18)12-13-20-26-15(2)21(31-20)23(30)27-17-6-4-3-5-7-17/h3-13H,1-2H3,(H,27,30)/b13-12+. The van der Waals surface area contributed by atoms with E-state index in [1.54, 1.807) is 23.7 Å². The molecule has 0 saturated carbocycles. The number of anilines is 1. The molecule has 1 amide bonds. The van der Waals surface area contributed by atoms with E-state index >= 15 is 0 Å². The molecular weight excluding hydrogens is 435 g/mol. The Kier molecular flexibility index (Phi) is 5.97. The molecule has 31 heavy (non-hydrogen) atoms. The van der Waals surface area contributed by atoms with Crippen LogP contribution in [-0.4, -0.2) is 20.7 Å². The predicted octanol–water partition coefficient (Wildman–Crippen LogP) is 6.16. The number of para-hydroxylation sites is 1. The number of carbonyl (C=O) groups is 1.